The van der Waals surface area contributed by atoms with E-state index in [1.54, 1.807) is 24.2 Å². The molecule has 0 atom stereocenters. The van der Waals surface area contributed by atoms with Gasteiger partial charge in [0.15, 0.2) is 11.6 Å². The lowest BCUT2D eigenvalue weighted by Gasteiger charge is -2.18. The molecule has 0 aliphatic rings. The molecule has 2 nitrogen and oxygen atoms in total. The predicted octanol–water partition coefficient (Wildman–Crippen LogP) is 2.23. The molecule has 0 saturated carbocycles. The van der Waals surface area contributed by atoms with E-state index in [2.05, 4.69) is 11.6 Å². The van der Waals surface area contributed by atoms with Crippen molar-refractivity contribution in [3.8, 4) is 0 Å². The molecular weight excluding hydrogens is 167 g/mol. The van der Waals surface area contributed by atoms with Gasteiger partial charge in [0.1, 0.15) is 0 Å². The summed E-state index contributed by atoms with van der Waals surface area (Å²) in [7, 11) is 1.79. The van der Waals surface area contributed by atoms with Crippen LogP contribution in [0.3, 0.4) is 0 Å². The van der Waals surface area contributed by atoms with Crippen molar-refractivity contribution >= 4 is 5.82 Å². The molecule has 0 bridgehead atoms. The first-order valence-corrected chi connectivity index (χ1v) is 4.07. The molecule has 13 heavy (non-hydrogen) atoms. The Morgan fingerprint density at radius 1 is 1.69 bits per heavy atom. The Morgan fingerprint density at radius 2 is 2.38 bits per heavy atom. The van der Waals surface area contributed by atoms with Crippen LogP contribution in [0.15, 0.2) is 30.5 Å². The van der Waals surface area contributed by atoms with Gasteiger partial charge < -0.3 is 4.90 Å². The molecule has 70 valence electrons. The molecule has 0 saturated heterocycles. The second kappa shape index (κ2) is 4.03. The fourth-order valence-corrected chi connectivity index (χ4v) is 1.14. The molecular formula is C10H13FN2. The van der Waals surface area contributed by atoms with Crippen molar-refractivity contribution in [2.45, 2.75) is 6.92 Å². The van der Waals surface area contributed by atoms with Crippen molar-refractivity contribution in [1.29, 1.82) is 0 Å². The third-order valence-electron chi connectivity index (χ3n) is 1.61. The largest absolute Gasteiger partial charge is 0.353 e. The van der Waals surface area contributed by atoms with Crippen LogP contribution in [-0.2, 0) is 0 Å². The van der Waals surface area contributed by atoms with Gasteiger partial charge in [0.05, 0.1) is 0 Å². The molecule has 0 amide bonds. The van der Waals surface area contributed by atoms with E-state index in [0.717, 1.165) is 5.57 Å². The molecule has 0 aliphatic heterocycles. The summed E-state index contributed by atoms with van der Waals surface area (Å²) in [4.78, 5) is 5.67. The number of aromatic nitrogens is 1. The van der Waals surface area contributed by atoms with Crippen molar-refractivity contribution in [1.82, 2.24) is 4.98 Å². The van der Waals surface area contributed by atoms with Crippen LogP contribution >= 0.6 is 0 Å². The lowest BCUT2D eigenvalue weighted by Crippen LogP contribution is -2.21. The van der Waals surface area contributed by atoms with Gasteiger partial charge in [-0.15, -0.1) is 0 Å². The summed E-state index contributed by atoms with van der Waals surface area (Å²) in [5.74, 6) is 0.0664. The molecule has 0 radical (unpaired) electrons. The normalized spacial score (nSPS) is 9.77. The van der Waals surface area contributed by atoms with Crippen molar-refractivity contribution in [2.75, 3.05) is 18.5 Å². The molecule has 0 aliphatic carbocycles. The van der Waals surface area contributed by atoms with Crippen LogP contribution in [0.5, 0.6) is 0 Å². The van der Waals surface area contributed by atoms with Crippen molar-refractivity contribution in [2.24, 2.45) is 0 Å². The Morgan fingerprint density at radius 3 is 2.92 bits per heavy atom. The number of likely N-dealkylation sites (N-methyl/N-ethyl adjacent to an activating group) is 1. The number of rotatable bonds is 3. The maximum atomic E-state index is 13.2. The molecule has 1 aromatic rings. The van der Waals surface area contributed by atoms with Crippen LogP contribution in [0.2, 0.25) is 0 Å². The molecule has 0 N–H and O–H groups in total. The maximum absolute atomic E-state index is 13.2. The number of anilines is 1. The fourth-order valence-electron chi connectivity index (χ4n) is 1.14. The Labute approximate surface area is 77.7 Å². The summed E-state index contributed by atoms with van der Waals surface area (Å²) in [5.41, 5.74) is 0.979. The first-order chi connectivity index (χ1) is 6.11. The van der Waals surface area contributed by atoms with Crippen molar-refractivity contribution in [3.63, 3.8) is 0 Å². The van der Waals surface area contributed by atoms with Gasteiger partial charge in [-0.05, 0) is 19.1 Å². The summed E-state index contributed by atoms with van der Waals surface area (Å²) in [6.45, 7) is 6.28. The van der Waals surface area contributed by atoms with Crippen LogP contribution in [0.1, 0.15) is 6.92 Å². The quantitative estimate of drug-likeness (QED) is 0.663. The van der Waals surface area contributed by atoms with Crippen LogP contribution in [0.4, 0.5) is 10.2 Å². The second-order valence-corrected chi connectivity index (χ2v) is 3.12. The van der Waals surface area contributed by atoms with E-state index in [9.17, 15) is 4.39 Å². The van der Waals surface area contributed by atoms with Gasteiger partial charge in [-0.1, -0.05) is 12.2 Å². The molecule has 1 rings (SSSR count). The Bertz CT molecular complexity index is 310. The average molecular weight is 180 g/mol. The molecule has 3 heteroatoms. The van der Waals surface area contributed by atoms with Crippen LogP contribution in [0, 0.1) is 5.82 Å². The highest BCUT2D eigenvalue weighted by Gasteiger charge is 2.07. The van der Waals surface area contributed by atoms with E-state index in [1.807, 2.05) is 6.92 Å². The zero-order chi connectivity index (χ0) is 9.84. The third kappa shape index (κ3) is 2.54. The minimum Gasteiger partial charge on any atom is -0.353 e. The maximum Gasteiger partial charge on any atom is 0.165 e. The molecule has 1 aromatic heterocycles. The highest BCUT2D eigenvalue weighted by atomic mass is 19.1. The van der Waals surface area contributed by atoms with Crippen LogP contribution in [-0.4, -0.2) is 18.6 Å². The zero-order valence-corrected chi connectivity index (χ0v) is 7.92. The van der Waals surface area contributed by atoms with Crippen molar-refractivity contribution < 1.29 is 4.39 Å². The van der Waals surface area contributed by atoms with Crippen LogP contribution < -0.4 is 4.90 Å². The van der Waals surface area contributed by atoms with Gasteiger partial charge >= 0.3 is 0 Å². The fraction of sp³-hybridized carbons (Fsp3) is 0.300. The predicted molar refractivity (Wildman–Crippen MR) is 52.3 cm³/mol. The van der Waals surface area contributed by atoms with E-state index in [0.29, 0.717) is 12.4 Å². The lowest BCUT2D eigenvalue weighted by molar-refractivity contribution is 0.617. The summed E-state index contributed by atoms with van der Waals surface area (Å²) < 4.78 is 13.2. The molecule has 0 fully saturated rings. The van der Waals surface area contributed by atoms with E-state index in [4.69, 9.17) is 0 Å². The topological polar surface area (TPSA) is 16.1 Å². The highest BCUT2D eigenvalue weighted by Crippen LogP contribution is 2.13. The third-order valence-corrected chi connectivity index (χ3v) is 1.61. The summed E-state index contributed by atoms with van der Waals surface area (Å²) in [6, 6.07) is 2.98. The number of pyridine rings is 1. The zero-order valence-electron chi connectivity index (χ0n) is 7.92. The van der Waals surface area contributed by atoms with Crippen LogP contribution in [0.25, 0.3) is 0 Å². The summed E-state index contributed by atoms with van der Waals surface area (Å²) >= 11 is 0. The summed E-state index contributed by atoms with van der Waals surface area (Å²) in [6.07, 6.45) is 1.58. The Kier molecular flexibility index (Phi) is 3.01. The molecule has 0 spiro atoms. The van der Waals surface area contributed by atoms with Gasteiger partial charge in [0, 0.05) is 19.8 Å². The smallest absolute Gasteiger partial charge is 0.165 e. The van der Waals surface area contributed by atoms with Gasteiger partial charge in [0.2, 0.25) is 0 Å². The second-order valence-electron chi connectivity index (χ2n) is 3.12. The van der Waals surface area contributed by atoms with Gasteiger partial charge in [-0.2, -0.15) is 0 Å². The van der Waals surface area contributed by atoms with E-state index < -0.39 is 0 Å². The van der Waals surface area contributed by atoms with E-state index in [-0.39, 0.29) is 5.82 Å². The summed E-state index contributed by atoms with van der Waals surface area (Å²) in [5, 5.41) is 0. The number of hydrogen-bond acceptors (Lipinski definition) is 2. The van der Waals surface area contributed by atoms with Gasteiger partial charge in [-0.25, -0.2) is 9.37 Å². The van der Waals surface area contributed by atoms with E-state index >= 15 is 0 Å². The van der Waals surface area contributed by atoms with Gasteiger partial charge in [-0.3, -0.25) is 0 Å². The number of hydrogen-bond donors (Lipinski definition) is 0. The van der Waals surface area contributed by atoms with E-state index in [1.165, 1.54) is 6.07 Å². The minimum absolute atomic E-state index is 0.300. The Balaban J connectivity index is 2.82. The first kappa shape index (κ1) is 9.71. The van der Waals surface area contributed by atoms with Crippen molar-refractivity contribution in [3.05, 3.63) is 36.3 Å². The number of halogens is 1. The monoisotopic (exact) mass is 180 g/mol. The minimum atomic E-state index is -0.300. The number of nitrogens with zero attached hydrogens (tertiary/aromatic N) is 2. The SMILES string of the molecule is C=C(C)CN(C)c1ncccc1F. The average Bonchev–Trinajstić information content (AvgIpc) is 2.03. The lowest BCUT2D eigenvalue weighted by atomic mass is 10.3. The molecule has 0 unspecified atom stereocenters. The highest BCUT2D eigenvalue weighted by molar-refractivity contribution is 5.39. The first-order valence-electron chi connectivity index (χ1n) is 4.07. The standard InChI is InChI=1S/C10H13FN2/c1-8(2)7-13(3)10-9(11)5-4-6-12-10/h4-6H,1,7H2,2-3H3. The molecule has 1 heterocycles. The Hall–Kier alpha value is -1.38. The molecule has 0 aromatic carbocycles. The van der Waals surface area contributed by atoms with Gasteiger partial charge in [0.25, 0.3) is 0 Å².